The van der Waals surface area contributed by atoms with E-state index in [1.807, 2.05) is 0 Å². The van der Waals surface area contributed by atoms with Crippen LogP contribution >= 0.6 is 0 Å². The van der Waals surface area contributed by atoms with E-state index in [-0.39, 0.29) is 18.8 Å². The van der Waals surface area contributed by atoms with Gasteiger partial charge >= 0.3 is 12.3 Å². The smallest absolute Gasteiger partial charge is 0.387 e. The van der Waals surface area contributed by atoms with E-state index in [1.165, 1.54) is 12.1 Å². The highest BCUT2D eigenvalue weighted by molar-refractivity contribution is 5.75. The fraction of sp³-hybridized carbons (Fsp3) is 0.176. The van der Waals surface area contributed by atoms with Gasteiger partial charge in [-0.25, -0.2) is 4.79 Å². The van der Waals surface area contributed by atoms with Crippen LogP contribution in [0.1, 0.15) is 5.56 Å². The van der Waals surface area contributed by atoms with Gasteiger partial charge in [0, 0.05) is 6.54 Å². The monoisotopic (exact) mass is 375 g/mol. The topological polar surface area (TPSA) is 91.0 Å². The molecule has 10 heteroatoms. The van der Waals surface area contributed by atoms with E-state index in [1.54, 1.807) is 42.5 Å². The number of nitrogens with zero attached hydrogens (tertiary/aromatic N) is 4. The van der Waals surface area contributed by atoms with Gasteiger partial charge in [-0.3, -0.25) is 4.79 Å². The number of nitrogens with one attached hydrogen (secondary N) is 1. The Kier molecular flexibility index (Phi) is 5.55. The maximum atomic E-state index is 12.3. The van der Waals surface area contributed by atoms with Crippen molar-refractivity contribution in [2.24, 2.45) is 0 Å². The first-order valence-electron chi connectivity index (χ1n) is 7.91. The second-order valence-electron chi connectivity index (χ2n) is 5.47. The van der Waals surface area contributed by atoms with Gasteiger partial charge in [0.25, 0.3) is 0 Å². The molecule has 0 bridgehead atoms. The zero-order valence-electron chi connectivity index (χ0n) is 14.0. The molecule has 0 saturated carbocycles. The Bertz CT molecular complexity index is 955. The molecule has 1 heterocycles. The first kappa shape index (κ1) is 18.2. The molecule has 3 aromatic rings. The molecule has 140 valence electrons. The summed E-state index contributed by atoms with van der Waals surface area (Å²) in [6.45, 7) is -3.02. The summed E-state index contributed by atoms with van der Waals surface area (Å²) in [6, 6.07) is 14.6. The Morgan fingerprint density at radius 2 is 1.78 bits per heavy atom. The molecule has 0 saturated heterocycles. The minimum atomic E-state index is -2.89. The third-order valence-corrected chi connectivity index (χ3v) is 3.57. The third kappa shape index (κ3) is 4.75. The fourth-order valence-corrected chi connectivity index (χ4v) is 2.29. The van der Waals surface area contributed by atoms with Gasteiger partial charge in [-0.15, -0.1) is 0 Å². The number of hydrogen-bond donors (Lipinski definition) is 1. The Balaban J connectivity index is 1.57. The number of benzene rings is 2. The number of aromatic nitrogens is 4. The molecule has 0 atom stereocenters. The normalized spacial score (nSPS) is 10.8. The number of tetrazole rings is 1. The first-order chi connectivity index (χ1) is 13.0. The summed E-state index contributed by atoms with van der Waals surface area (Å²) in [5.41, 5.74) is 0.690. The van der Waals surface area contributed by atoms with Crippen LogP contribution in [0.2, 0.25) is 0 Å². The van der Waals surface area contributed by atoms with Crippen LogP contribution in [0, 0.1) is 0 Å². The Hall–Kier alpha value is -3.56. The largest absolute Gasteiger partial charge is 0.435 e. The van der Waals surface area contributed by atoms with Gasteiger partial charge in [-0.05, 0) is 40.3 Å². The van der Waals surface area contributed by atoms with Crippen molar-refractivity contribution in [3.05, 3.63) is 70.6 Å². The maximum absolute atomic E-state index is 12.3. The number of carbonyl (C=O) groups excluding carboxylic acids is 1. The lowest BCUT2D eigenvalue weighted by atomic mass is 10.2. The highest BCUT2D eigenvalue weighted by Gasteiger charge is 2.12. The van der Waals surface area contributed by atoms with Gasteiger partial charge in [0.2, 0.25) is 5.91 Å². The second-order valence-corrected chi connectivity index (χ2v) is 5.47. The standard InChI is InChI=1S/C17H15F2N5O3/c18-16(19)27-14-8-6-12(7-9-14)10-20-15(25)11-23-17(26)24(22-21-23)13-4-2-1-3-5-13/h1-9,16H,10-11H2,(H,20,25). The molecule has 1 amide bonds. The van der Waals surface area contributed by atoms with Crippen molar-refractivity contribution in [1.82, 2.24) is 25.1 Å². The van der Waals surface area contributed by atoms with E-state index >= 15 is 0 Å². The zero-order chi connectivity index (χ0) is 19.2. The van der Waals surface area contributed by atoms with E-state index < -0.39 is 18.2 Å². The van der Waals surface area contributed by atoms with Crippen LogP contribution in [-0.4, -0.2) is 32.3 Å². The molecule has 0 radical (unpaired) electrons. The summed E-state index contributed by atoms with van der Waals surface area (Å²) in [7, 11) is 0. The lowest BCUT2D eigenvalue weighted by Gasteiger charge is -2.07. The predicted octanol–water partition coefficient (Wildman–Crippen LogP) is 1.35. The van der Waals surface area contributed by atoms with E-state index in [9.17, 15) is 18.4 Å². The number of para-hydroxylation sites is 1. The summed E-state index contributed by atoms with van der Waals surface area (Å²) in [4.78, 5) is 24.3. The first-order valence-corrected chi connectivity index (χ1v) is 7.91. The highest BCUT2D eigenvalue weighted by Crippen LogP contribution is 2.14. The molecule has 0 fully saturated rings. The van der Waals surface area contributed by atoms with Gasteiger partial charge in [0.1, 0.15) is 12.3 Å². The summed E-state index contributed by atoms with van der Waals surface area (Å²) in [5.74, 6) is -0.408. The van der Waals surface area contributed by atoms with E-state index in [2.05, 4.69) is 20.5 Å². The van der Waals surface area contributed by atoms with E-state index in [0.29, 0.717) is 11.3 Å². The average Bonchev–Trinajstić information content (AvgIpc) is 3.02. The molecule has 8 nitrogen and oxygen atoms in total. The van der Waals surface area contributed by atoms with E-state index in [4.69, 9.17) is 0 Å². The van der Waals surface area contributed by atoms with Crippen LogP contribution < -0.4 is 15.7 Å². The van der Waals surface area contributed by atoms with Gasteiger partial charge < -0.3 is 10.1 Å². The molecule has 1 N–H and O–H groups in total. The van der Waals surface area contributed by atoms with Crippen LogP contribution in [0.15, 0.2) is 59.4 Å². The number of alkyl halides is 2. The van der Waals surface area contributed by atoms with Gasteiger partial charge in [0.05, 0.1) is 5.69 Å². The average molecular weight is 375 g/mol. The Labute approximate surface area is 152 Å². The van der Waals surface area contributed by atoms with Gasteiger partial charge in [0.15, 0.2) is 0 Å². The minimum Gasteiger partial charge on any atom is -0.435 e. The van der Waals surface area contributed by atoms with Crippen molar-refractivity contribution < 1.29 is 18.3 Å². The van der Waals surface area contributed by atoms with Crippen LogP contribution in [0.3, 0.4) is 0 Å². The van der Waals surface area contributed by atoms with Crippen molar-refractivity contribution in [1.29, 1.82) is 0 Å². The summed E-state index contributed by atoms with van der Waals surface area (Å²) < 4.78 is 30.5. The predicted molar refractivity (Wildman–Crippen MR) is 90.5 cm³/mol. The third-order valence-electron chi connectivity index (χ3n) is 3.57. The molecule has 0 spiro atoms. The van der Waals surface area contributed by atoms with E-state index in [0.717, 1.165) is 9.36 Å². The van der Waals surface area contributed by atoms with Crippen LogP contribution in [0.4, 0.5) is 8.78 Å². The molecular weight excluding hydrogens is 360 g/mol. The SMILES string of the molecule is O=C(Cn1nnn(-c2ccccc2)c1=O)NCc1ccc(OC(F)F)cc1. The highest BCUT2D eigenvalue weighted by atomic mass is 19.3. The molecule has 0 aliphatic heterocycles. The molecule has 0 aliphatic carbocycles. The lowest BCUT2D eigenvalue weighted by molar-refractivity contribution is -0.122. The van der Waals surface area contributed by atoms with Gasteiger partial charge in [-0.2, -0.15) is 18.1 Å². The Morgan fingerprint density at radius 3 is 2.44 bits per heavy atom. The van der Waals surface area contributed by atoms with Crippen molar-refractivity contribution in [2.75, 3.05) is 0 Å². The number of carbonyl (C=O) groups is 1. The molecular formula is C17H15F2N5O3. The van der Waals surface area contributed by atoms with Crippen molar-refractivity contribution in [3.8, 4) is 11.4 Å². The number of rotatable bonds is 7. The molecule has 3 rings (SSSR count). The number of ether oxygens (including phenoxy) is 1. The molecule has 27 heavy (non-hydrogen) atoms. The van der Waals surface area contributed by atoms with Gasteiger partial charge in [-0.1, -0.05) is 30.3 Å². The summed E-state index contributed by atoms with van der Waals surface area (Å²) >= 11 is 0. The van der Waals surface area contributed by atoms with Crippen molar-refractivity contribution in [3.63, 3.8) is 0 Å². The molecule has 2 aromatic carbocycles. The van der Waals surface area contributed by atoms with Crippen LogP contribution in [0.5, 0.6) is 5.75 Å². The van der Waals surface area contributed by atoms with Crippen LogP contribution in [-0.2, 0) is 17.9 Å². The quantitative estimate of drug-likeness (QED) is 0.673. The Morgan fingerprint density at radius 1 is 1.07 bits per heavy atom. The van der Waals surface area contributed by atoms with Crippen molar-refractivity contribution in [2.45, 2.75) is 19.7 Å². The maximum Gasteiger partial charge on any atom is 0.387 e. The minimum absolute atomic E-state index is 0.0316. The fourth-order valence-electron chi connectivity index (χ4n) is 2.29. The van der Waals surface area contributed by atoms with Crippen molar-refractivity contribution >= 4 is 5.91 Å². The lowest BCUT2D eigenvalue weighted by Crippen LogP contribution is -2.33. The second kappa shape index (κ2) is 8.21. The summed E-state index contributed by atoms with van der Waals surface area (Å²) in [6.07, 6.45) is 0. The number of halogens is 2. The molecule has 1 aromatic heterocycles. The number of amides is 1. The molecule has 0 unspecified atom stereocenters. The number of hydrogen-bond acceptors (Lipinski definition) is 5. The summed E-state index contributed by atoms with van der Waals surface area (Å²) in [5, 5.41) is 10.1. The zero-order valence-corrected chi connectivity index (χ0v) is 14.0. The molecule has 0 aliphatic rings. The van der Waals surface area contributed by atoms with Crippen LogP contribution in [0.25, 0.3) is 5.69 Å².